The topological polar surface area (TPSA) is 81.4 Å². The van der Waals surface area contributed by atoms with Gasteiger partial charge in [0, 0.05) is 26.4 Å². The van der Waals surface area contributed by atoms with Gasteiger partial charge in [-0.25, -0.2) is 9.78 Å². The minimum atomic E-state index is -1.01. The zero-order chi connectivity index (χ0) is 21.3. The van der Waals surface area contributed by atoms with E-state index in [9.17, 15) is 9.59 Å². The van der Waals surface area contributed by atoms with E-state index in [0.717, 1.165) is 21.1 Å². The maximum absolute atomic E-state index is 12.6. The van der Waals surface area contributed by atoms with Crippen LogP contribution in [0.25, 0.3) is 22.2 Å². The van der Waals surface area contributed by atoms with Crippen LogP contribution in [0.5, 0.6) is 0 Å². The molecule has 0 fully saturated rings. The number of esters is 1. The van der Waals surface area contributed by atoms with Crippen LogP contribution in [0.2, 0.25) is 0 Å². The average Bonchev–Trinajstić information content (AvgIpc) is 3.33. The summed E-state index contributed by atoms with van der Waals surface area (Å²) in [6.45, 7) is 3.29. The van der Waals surface area contributed by atoms with Crippen LogP contribution in [0.4, 0.5) is 5.13 Å². The number of aromatic nitrogens is 1. The lowest BCUT2D eigenvalue weighted by atomic mass is 10.1. The molecule has 0 radical (unpaired) electrons. The molecule has 1 N–H and O–H groups in total. The molecular weight excluding hydrogens is 468 g/mol. The first-order chi connectivity index (χ1) is 14.4. The summed E-state index contributed by atoms with van der Waals surface area (Å²) in [5.41, 5.74) is 2.97. The number of hydrogen-bond acceptors (Lipinski definition) is 6. The van der Waals surface area contributed by atoms with Crippen LogP contribution in [-0.4, -0.2) is 23.0 Å². The molecule has 6 nitrogen and oxygen atoms in total. The number of halogens is 1. The average molecular weight is 485 g/mol. The highest BCUT2D eigenvalue weighted by atomic mass is 79.9. The van der Waals surface area contributed by atoms with Crippen LogP contribution < -0.4 is 5.32 Å². The summed E-state index contributed by atoms with van der Waals surface area (Å²) >= 11 is 4.71. The number of rotatable bonds is 5. The normalized spacial score (nSPS) is 12.0. The van der Waals surface area contributed by atoms with E-state index >= 15 is 0 Å². The van der Waals surface area contributed by atoms with E-state index in [2.05, 4.69) is 26.2 Å². The van der Waals surface area contributed by atoms with Gasteiger partial charge >= 0.3 is 5.97 Å². The molecule has 2 aromatic heterocycles. The maximum atomic E-state index is 12.6. The third-order valence-electron chi connectivity index (χ3n) is 4.54. The van der Waals surface area contributed by atoms with E-state index in [1.165, 1.54) is 18.3 Å². The van der Waals surface area contributed by atoms with Crippen molar-refractivity contribution in [2.45, 2.75) is 20.0 Å². The van der Waals surface area contributed by atoms with E-state index in [1.807, 2.05) is 47.8 Å². The number of ether oxygens (including phenoxy) is 1. The number of benzene rings is 2. The summed E-state index contributed by atoms with van der Waals surface area (Å²) in [6, 6.07) is 15.1. The largest absolute Gasteiger partial charge is 0.449 e. The Kier molecular flexibility index (Phi) is 5.69. The first-order valence-corrected chi connectivity index (χ1v) is 10.8. The highest BCUT2D eigenvalue weighted by Gasteiger charge is 2.25. The van der Waals surface area contributed by atoms with Gasteiger partial charge in [-0.15, -0.1) is 11.3 Å². The Labute approximate surface area is 185 Å². The quantitative estimate of drug-likeness (QED) is 0.361. The highest BCUT2D eigenvalue weighted by Crippen LogP contribution is 2.29. The van der Waals surface area contributed by atoms with Gasteiger partial charge in [-0.3, -0.25) is 10.1 Å². The third kappa shape index (κ3) is 4.15. The standard InChI is InChI=1S/C22H17BrN2O4S/c1-12-16-10-15(23)8-9-18(16)29-19(12)21(27)28-13(2)20(26)25-22-24-17(11-30-22)14-6-4-3-5-7-14/h3-11,13H,1-2H3,(H,24,25,26). The second-order valence-electron chi connectivity index (χ2n) is 6.64. The van der Waals surface area contributed by atoms with Crippen LogP contribution >= 0.6 is 27.3 Å². The summed E-state index contributed by atoms with van der Waals surface area (Å²) in [6.07, 6.45) is -1.01. The van der Waals surface area contributed by atoms with Gasteiger partial charge in [-0.1, -0.05) is 46.3 Å². The first kappa shape index (κ1) is 20.3. The molecule has 8 heteroatoms. The lowest BCUT2D eigenvalue weighted by molar-refractivity contribution is -0.123. The SMILES string of the molecule is Cc1c(C(=O)OC(C)C(=O)Nc2nc(-c3ccccc3)cs2)oc2ccc(Br)cc12. The Morgan fingerprint density at radius 2 is 1.97 bits per heavy atom. The molecule has 152 valence electrons. The molecule has 0 aliphatic carbocycles. The molecule has 4 rings (SSSR count). The number of furan rings is 1. The van der Waals surface area contributed by atoms with Crippen LogP contribution in [0.15, 0.2) is 62.8 Å². The van der Waals surface area contributed by atoms with Crippen LogP contribution in [0, 0.1) is 6.92 Å². The molecule has 1 atom stereocenters. The van der Waals surface area contributed by atoms with E-state index in [0.29, 0.717) is 16.3 Å². The Balaban J connectivity index is 1.43. The van der Waals surface area contributed by atoms with Gasteiger partial charge in [0.05, 0.1) is 5.69 Å². The van der Waals surface area contributed by atoms with Gasteiger partial charge in [0.25, 0.3) is 5.91 Å². The molecule has 0 spiro atoms. The number of nitrogens with one attached hydrogen (secondary N) is 1. The van der Waals surface area contributed by atoms with E-state index in [4.69, 9.17) is 9.15 Å². The molecule has 2 aromatic carbocycles. The first-order valence-electron chi connectivity index (χ1n) is 9.14. The third-order valence-corrected chi connectivity index (χ3v) is 5.79. The Morgan fingerprint density at radius 1 is 1.20 bits per heavy atom. The van der Waals surface area contributed by atoms with E-state index in [1.54, 1.807) is 13.0 Å². The van der Waals surface area contributed by atoms with Gasteiger partial charge in [0.2, 0.25) is 5.76 Å². The smallest absolute Gasteiger partial charge is 0.375 e. The predicted octanol–water partition coefficient (Wildman–Crippen LogP) is 5.81. The van der Waals surface area contributed by atoms with Gasteiger partial charge in [-0.05, 0) is 32.0 Å². The van der Waals surface area contributed by atoms with Crippen molar-refractivity contribution >= 4 is 55.2 Å². The number of aryl methyl sites for hydroxylation is 1. The number of nitrogens with zero attached hydrogens (tertiary/aromatic N) is 1. The summed E-state index contributed by atoms with van der Waals surface area (Å²) in [4.78, 5) is 29.4. The monoisotopic (exact) mass is 484 g/mol. The van der Waals surface area contributed by atoms with Crippen molar-refractivity contribution < 1.29 is 18.7 Å². The van der Waals surface area contributed by atoms with Crippen molar-refractivity contribution in [2.75, 3.05) is 5.32 Å². The molecule has 1 unspecified atom stereocenters. The van der Waals surface area contributed by atoms with Gasteiger partial charge in [-0.2, -0.15) is 0 Å². The molecule has 0 saturated heterocycles. The highest BCUT2D eigenvalue weighted by molar-refractivity contribution is 9.10. The fraction of sp³-hybridized carbons (Fsp3) is 0.136. The zero-order valence-electron chi connectivity index (χ0n) is 16.1. The van der Waals surface area contributed by atoms with Crippen LogP contribution in [0.3, 0.4) is 0 Å². The predicted molar refractivity (Wildman–Crippen MR) is 120 cm³/mol. The number of carbonyl (C=O) groups is 2. The van der Waals surface area contributed by atoms with E-state index < -0.39 is 18.0 Å². The van der Waals surface area contributed by atoms with E-state index in [-0.39, 0.29) is 5.76 Å². The zero-order valence-corrected chi connectivity index (χ0v) is 18.5. The van der Waals surface area contributed by atoms with Crippen molar-refractivity contribution in [3.05, 3.63) is 69.7 Å². The Hall–Kier alpha value is -2.97. The number of carbonyl (C=O) groups excluding carboxylic acids is 2. The minimum absolute atomic E-state index is 0.0864. The fourth-order valence-electron chi connectivity index (χ4n) is 2.94. The van der Waals surface area contributed by atoms with Crippen molar-refractivity contribution in [2.24, 2.45) is 0 Å². The summed E-state index contributed by atoms with van der Waals surface area (Å²) in [7, 11) is 0. The fourth-order valence-corrected chi connectivity index (χ4v) is 4.02. The number of amides is 1. The molecule has 4 aromatic rings. The molecule has 0 saturated carbocycles. The number of anilines is 1. The summed E-state index contributed by atoms with van der Waals surface area (Å²) in [5.74, 6) is -1.07. The number of thiazole rings is 1. The van der Waals surface area contributed by atoms with Gasteiger partial charge < -0.3 is 9.15 Å². The molecule has 2 heterocycles. The summed E-state index contributed by atoms with van der Waals surface area (Å²) < 4.78 is 11.8. The van der Waals surface area contributed by atoms with Crippen LogP contribution in [0.1, 0.15) is 23.0 Å². The van der Waals surface area contributed by atoms with Crippen LogP contribution in [-0.2, 0) is 9.53 Å². The molecule has 0 bridgehead atoms. The molecule has 0 aliphatic rings. The number of hydrogen-bond donors (Lipinski definition) is 1. The van der Waals surface area contributed by atoms with Gasteiger partial charge in [0.1, 0.15) is 5.58 Å². The summed E-state index contributed by atoms with van der Waals surface area (Å²) in [5, 5.41) is 5.80. The molecular formula is C22H17BrN2O4S. The van der Waals surface area contributed by atoms with Crippen molar-refractivity contribution in [3.63, 3.8) is 0 Å². The second-order valence-corrected chi connectivity index (χ2v) is 8.41. The molecule has 0 aliphatic heterocycles. The Bertz CT molecular complexity index is 1230. The maximum Gasteiger partial charge on any atom is 0.375 e. The van der Waals surface area contributed by atoms with Crippen molar-refractivity contribution in [1.82, 2.24) is 4.98 Å². The lowest BCUT2D eigenvalue weighted by Gasteiger charge is -2.11. The second kappa shape index (κ2) is 8.41. The van der Waals surface area contributed by atoms with Gasteiger partial charge in [0.15, 0.2) is 11.2 Å². The number of fused-ring (bicyclic) bond motifs is 1. The van der Waals surface area contributed by atoms with Crippen molar-refractivity contribution in [1.29, 1.82) is 0 Å². The minimum Gasteiger partial charge on any atom is -0.449 e. The molecule has 30 heavy (non-hydrogen) atoms. The van der Waals surface area contributed by atoms with Crippen molar-refractivity contribution in [3.8, 4) is 11.3 Å². The molecule has 1 amide bonds. The lowest BCUT2D eigenvalue weighted by Crippen LogP contribution is -2.30. The Morgan fingerprint density at radius 3 is 2.73 bits per heavy atom.